The minimum atomic E-state index is -0.0425. The lowest BCUT2D eigenvalue weighted by Gasteiger charge is -2.38. The Labute approximate surface area is 149 Å². The van der Waals surface area contributed by atoms with Gasteiger partial charge in [-0.2, -0.15) is 0 Å². The fourth-order valence-corrected chi connectivity index (χ4v) is 4.22. The molecular formula is C18H30N4O3. The standard InChI is InChI=1S/C18H30N4O3/c1-20(2)17-19-14-15(25-17)16(23)21-9-4-6-18(8-11-21)7-5-10-22(18)12-13-24-3/h14H,4-13H2,1-3H3/t18-/m0/s1. The summed E-state index contributed by atoms with van der Waals surface area (Å²) in [6, 6.07) is 0.469. The van der Waals surface area contributed by atoms with Crippen LogP contribution >= 0.6 is 0 Å². The summed E-state index contributed by atoms with van der Waals surface area (Å²) >= 11 is 0. The molecule has 0 N–H and O–H groups in total. The maximum Gasteiger partial charge on any atom is 0.297 e. The third-order valence-corrected chi connectivity index (χ3v) is 5.60. The molecule has 7 heteroatoms. The van der Waals surface area contributed by atoms with Crippen molar-refractivity contribution in [2.24, 2.45) is 0 Å². The lowest BCUT2D eigenvalue weighted by atomic mass is 9.88. The Bertz CT molecular complexity index is 589. The Morgan fingerprint density at radius 2 is 2.04 bits per heavy atom. The topological polar surface area (TPSA) is 62.1 Å². The highest BCUT2D eigenvalue weighted by Gasteiger charge is 2.42. The van der Waals surface area contributed by atoms with Crippen LogP contribution in [0.5, 0.6) is 0 Å². The van der Waals surface area contributed by atoms with Gasteiger partial charge in [0.1, 0.15) is 0 Å². The second kappa shape index (κ2) is 7.74. The summed E-state index contributed by atoms with van der Waals surface area (Å²) in [5, 5.41) is 0. The van der Waals surface area contributed by atoms with Gasteiger partial charge in [-0.05, 0) is 38.6 Å². The van der Waals surface area contributed by atoms with Crippen molar-refractivity contribution >= 4 is 11.9 Å². The van der Waals surface area contributed by atoms with E-state index in [9.17, 15) is 4.79 Å². The average Bonchev–Trinajstić information content (AvgIpc) is 3.17. The second-order valence-electron chi connectivity index (χ2n) is 7.36. The Morgan fingerprint density at radius 3 is 2.72 bits per heavy atom. The van der Waals surface area contributed by atoms with E-state index in [0.29, 0.717) is 11.8 Å². The average molecular weight is 350 g/mol. The Morgan fingerprint density at radius 1 is 1.28 bits per heavy atom. The number of anilines is 1. The van der Waals surface area contributed by atoms with Gasteiger partial charge < -0.3 is 19.0 Å². The van der Waals surface area contributed by atoms with Crippen LogP contribution < -0.4 is 4.90 Å². The van der Waals surface area contributed by atoms with Crippen molar-refractivity contribution in [3.63, 3.8) is 0 Å². The highest BCUT2D eigenvalue weighted by Crippen LogP contribution is 2.38. The molecule has 1 aromatic heterocycles. The lowest BCUT2D eigenvalue weighted by Crippen LogP contribution is -2.46. The summed E-state index contributed by atoms with van der Waals surface area (Å²) < 4.78 is 10.9. The van der Waals surface area contributed by atoms with Crippen molar-refractivity contribution in [1.82, 2.24) is 14.8 Å². The van der Waals surface area contributed by atoms with Crippen molar-refractivity contribution in [2.45, 2.75) is 37.6 Å². The van der Waals surface area contributed by atoms with E-state index in [1.807, 2.05) is 19.0 Å². The molecule has 0 saturated carbocycles. The molecule has 25 heavy (non-hydrogen) atoms. The number of aromatic nitrogens is 1. The largest absolute Gasteiger partial charge is 0.418 e. The fraction of sp³-hybridized carbons (Fsp3) is 0.778. The molecule has 0 unspecified atom stereocenters. The van der Waals surface area contributed by atoms with Crippen LogP contribution in [-0.2, 0) is 4.74 Å². The van der Waals surface area contributed by atoms with Crippen LogP contribution in [0.15, 0.2) is 10.6 Å². The molecule has 3 heterocycles. The molecule has 1 atom stereocenters. The van der Waals surface area contributed by atoms with E-state index in [-0.39, 0.29) is 11.4 Å². The van der Waals surface area contributed by atoms with Crippen molar-refractivity contribution < 1.29 is 13.9 Å². The van der Waals surface area contributed by atoms with Crippen molar-refractivity contribution in [1.29, 1.82) is 0 Å². The van der Waals surface area contributed by atoms with E-state index in [4.69, 9.17) is 9.15 Å². The molecule has 0 aliphatic carbocycles. The van der Waals surface area contributed by atoms with Gasteiger partial charge >= 0.3 is 0 Å². The van der Waals surface area contributed by atoms with Crippen LogP contribution in [0.3, 0.4) is 0 Å². The smallest absolute Gasteiger partial charge is 0.297 e. The molecule has 2 fully saturated rings. The number of likely N-dealkylation sites (tertiary alicyclic amines) is 2. The van der Waals surface area contributed by atoms with Gasteiger partial charge in [0, 0.05) is 46.4 Å². The monoisotopic (exact) mass is 350 g/mol. The molecular weight excluding hydrogens is 320 g/mol. The van der Waals surface area contributed by atoms with Gasteiger partial charge in [0.05, 0.1) is 12.8 Å². The van der Waals surface area contributed by atoms with Gasteiger partial charge in [-0.25, -0.2) is 4.98 Å². The number of methoxy groups -OCH3 is 1. The van der Waals surface area contributed by atoms with Crippen molar-refractivity contribution in [2.75, 3.05) is 58.9 Å². The molecule has 0 radical (unpaired) electrons. The SMILES string of the molecule is COCCN1CCC[C@]12CCCN(C(=O)c1cnc(N(C)C)o1)CC2. The van der Waals surface area contributed by atoms with Crippen LogP contribution in [0.2, 0.25) is 0 Å². The fourth-order valence-electron chi connectivity index (χ4n) is 4.22. The summed E-state index contributed by atoms with van der Waals surface area (Å²) in [7, 11) is 5.46. The van der Waals surface area contributed by atoms with Crippen molar-refractivity contribution in [3.05, 3.63) is 12.0 Å². The van der Waals surface area contributed by atoms with E-state index in [2.05, 4.69) is 9.88 Å². The van der Waals surface area contributed by atoms with Crippen LogP contribution in [0.25, 0.3) is 0 Å². The molecule has 2 aliphatic heterocycles. The second-order valence-corrected chi connectivity index (χ2v) is 7.36. The van der Waals surface area contributed by atoms with Crippen LogP contribution in [-0.4, -0.2) is 80.2 Å². The number of carbonyl (C=O) groups excluding carboxylic acids is 1. The van der Waals surface area contributed by atoms with Gasteiger partial charge in [-0.3, -0.25) is 9.69 Å². The van der Waals surface area contributed by atoms with Gasteiger partial charge in [-0.15, -0.1) is 0 Å². The minimum absolute atomic E-state index is 0.0425. The summed E-state index contributed by atoms with van der Waals surface area (Å²) in [4.78, 5) is 23.2. The lowest BCUT2D eigenvalue weighted by molar-refractivity contribution is 0.0676. The molecule has 2 saturated heterocycles. The first-order valence-corrected chi connectivity index (χ1v) is 9.22. The molecule has 140 valence electrons. The van der Waals surface area contributed by atoms with Crippen LogP contribution in [0, 0.1) is 0 Å². The first-order chi connectivity index (χ1) is 12.1. The third kappa shape index (κ3) is 3.82. The number of ether oxygens (including phenoxy) is 1. The Balaban J connectivity index is 1.65. The molecule has 1 spiro atoms. The van der Waals surface area contributed by atoms with Gasteiger partial charge in [0.25, 0.3) is 11.9 Å². The molecule has 0 bridgehead atoms. The van der Waals surface area contributed by atoms with Gasteiger partial charge in [-0.1, -0.05) is 0 Å². The Kier molecular flexibility index (Phi) is 5.64. The number of hydrogen-bond donors (Lipinski definition) is 0. The number of rotatable bonds is 5. The van der Waals surface area contributed by atoms with Gasteiger partial charge in [0.2, 0.25) is 5.76 Å². The number of hydrogen-bond acceptors (Lipinski definition) is 6. The van der Waals surface area contributed by atoms with E-state index in [0.717, 1.165) is 52.0 Å². The van der Waals surface area contributed by atoms with E-state index >= 15 is 0 Å². The first-order valence-electron chi connectivity index (χ1n) is 9.22. The van der Waals surface area contributed by atoms with Crippen LogP contribution in [0.1, 0.15) is 42.7 Å². The maximum atomic E-state index is 12.8. The van der Waals surface area contributed by atoms with E-state index in [1.54, 1.807) is 18.2 Å². The Hall–Kier alpha value is -1.60. The molecule has 3 rings (SSSR count). The minimum Gasteiger partial charge on any atom is -0.418 e. The summed E-state index contributed by atoms with van der Waals surface area (Å²) in [5.41, 5.74) is 0.240. The molecule has 1 amide bonds. The van der Waals surface area contributed by atoms with E-state index in [1.165, 1.54) is 12.8 Å². The highest BCUT2D eigenvalue weighted by molar-refractivity contribution is 5.91. The predicted molar refractivity (Wildman–Crippen MR) is 96.0 cm³/mol. The zero-order chi connectivity index (χ0) is 17.9. The maximum absolute atomic E-state index is 12.8. The quantitative estimate of drug-likeness (QED) is 0.808. The number of carbonyl (C=O) groups is 1. The third-order valence-electron chi connectivity index (χ3n) is 5.60. The highest BCUT2D eigenvalue weighted by atomic mass is 16.5. The molecule has 7 nitrogen and oxygen atoms in total. The van der Waals surface area contributed by atoms with Crippen LogP contribution in [0.4, 0.5) is 6.01 Å². The summed E-state index contributed by atoms with van der Waals surface area (Å²) in [5.74, 6) is 0.293. The number of oxazole rings is 1. The molecule has 1 aromatic rings. The molecule has 2 aliphatic rings. The molecule has 0 aromatic carbocycles. The van der Waals surface area contributed by atoms with Crippen molar-refractivity contribution in [3.8, 4) is 0 Å². The summed E-state index contributed by atoms with van der Waals surface area (Å²) in [6.07, 6.45) is 7.22. The number of amides is 1. The zero-order valence-electron chi connectivity index (χ0n) is 15.7. The van der Waals surface area contributed by atoms with E-state index < -0.39 is 0 Å². The summed E-state index contributed by atoms with van der Waals surface area (Å²) in [6.45, 7) is 4.47. The predicted octanol–water partition coefficient (Wildman–Crippen LogP) is 1.85. The first kappa shape index (κ1) is 18.2. The van der Waals surface area contributed by atoms with Gasteiger partial charge in [0.15, 0.2) is 0 Å². The normalized spacial score (nSPS) is 24.7. The zero-order valence-corrected chi connectivity index (χ0v) is 15.7. The number of nitrogens with zero attached hydrogens (tertiary/aromatic N) is 4.